The fraction of sp³-hybridized carbons (Fsp3) is 0.844. The van der Waals surface area contributed by atoms with E-state index in [4.69, 9.17) is 44.2 Å². The van der Waals surface area contributed by atoms with E-state index in [2.05, 4.69) is 74.6 Å². The van der Waals surface area contributed by atoms with Gasteiger partial charge in [-0.1, -0.05) is 65.5 Å². The number of hydrogen-bond acceptors (Lipinski definition) is 13. The van der Waals surface area contributed by atoms with E-state index in [0.717, 1.165) is 59.7 Å². The first-order valence-electron chi connectivity index (χ1n) is 31.1. The molecule has 4 aliphatic carbocycles. The number of fused-ring (bicyclic) bond motifs is 5. The molecule has 11 atom stereocenters. The van der Waals surface area contributed by atoms with Crippen molar-refractivity contribution in [2.24, 2.45) is 46.3 Å². The van der Waals surface area contributed by atoms with Gasteiger partial charge in [-0.2, -0.15) is 0 Å². The average Bonchev–Trinajstić information content (AvgIpc) is 1.87. The van der Waals surface area contributed by atoms with Gasteiger partial charge in [0.05, 0.1) is 19.8 Å². The lowest BCUT2D eigenvalue weighted by Gasteiger charge is -2.58. The fourth-order valence-corrected chi connectivity index (χ4v) is 14.8. The highest BCUT2D eigenvalue weighted by atomic mass is 32.1. The summed E-state index contributed by atoms with van der Waals surface area (Å²) in [6.45, 7) is 30.7. The van der Waals surface area contributed by atoms with Gasteiger partial charge in [-0.15, -0.1) is 37.9 Å². The number of alkyl carbamates (subject to hydrolysis) is 1. The van der Waals surface area contributed by atoms with Crippen molar-refractivity contribution < 1.29 is 47.7 Å². The summed E-state index contributed by atoms with van der Waals surface area (Å²) < 4.78 is 24.4. The van der Waals surface area contributed by atoms with Crippen molar-refractivity contribution in [2.45, 2.75) is 263 Å². The van der Waals surface area contributed by atoms with Crippen LogP contribution in [0.15, 0.2) is 23.8 Å². The van der Waals surface area contributed by atoms with Crippen LogP contribution in [0.2, 0.25) is 0 Å². The third kappa shape index (κ3) is 21.3. The third-order valence-electron chi connectivity index (χ3n) is 19.3. The summed E-state index contributed by atoms with van der Waals surface area (Å²) in [5, 5.41) is 12.1. The average molecular weight is 1200 g/mol. The number of hydrogen-bond donors (Lipinski definition) is 7. The molecule has 1 heterocycles. The molecule has 5 rings (SSSR count). The minimum absolute atomic E-state index is 0.00535. The number of carbonyl (C=O) groups excluding carboxylic acids is 6. The summed E-state index contributed by atoms with van der Waals surface area (Å²) in [6.07, 6.45) is 21.1. The normalized spacial score (nSPS) is 27.3. The zero-order chi connectivity index (χ0) is 61.1. The molecule has 0 aromatic carbocycles. The van der Waals surface area contributed by atoms with Gasteiger partial charge >= 0.3 is 6.09 Å². The molecule has 0 saturated heterocycles. The van der Waals surface area contributed by atoms with Gasteiger partial charge in [-0.3, -0.25) is 28.9 Å². The van der Waals surface area contributed by atoms with E-state index < -0.39 is 43.2 Å². The van der Waals surface area contributed by atoms with Crippen molar-refractivity contribution in [3.63, 3.8) is 0 Å². The number of thiol groups is 3. The Morgan fingerprint density at radius 2 is 1.15 bits per heavy atom. The van der Waals surface area contributed by atoms with Crippen LogP contribution in [0.25, 0.3) is 0 Å². The molecule has 3 saturated carbocycles. The van der Waals surface area contributed by atoms with Crippen LogP contribution < -0.4 is 21.3 Å². The standard InChI is InChI=1S/C64H109N5O10S3/c1-43(2)16-15-17-44(3)48-20-21-49-47-19-18-45-42-46(24-29-60(45,10)50(47)25-30-61(48,49)11)79-56(75)65-37-33-64(14,82)78-41-36-58(6,7)67-52(71)27-31-62(12,80)76-39-34-57(4,5)66-51(70)26-32-63(13,81)77-40-35-59(8,9)68-53(72)28-38-69-54(73)22-23-55(69)74/h18,22-23,43-44,46-50,80-82H,15-17,19-21,24-42H2,1-14H3,(H,65,75)(H,66,70)(H,67,71)(H,68,72)/t44-,46+,47+,48?,49?,50?,60+,61-,62?,63?,64?/m1/s1. The number of imide groups is 1. The van der Waals surface area contributed by atoms with Crippen LogP contribution in [0.1, 0.15) is 225 Å². The van der Waals surface area contributed by atoms with Crippen LogP contribution >= 0.6 is 37.9 Å². The Kier molecular flexibility index (Phi) is 25.0. The molecule has 6 amide bonds. The smallest absolute Gasteiger partial charge is 0.407 e. The molecule has 1 aliphatic heterocycles. The quantitative estimate of drug-likeness (QED) is 0.0144. The number of allylic oxidation sites excluding steroid dienone is 1. The lowest BCUT2D eigenvalue weighted by Crippen LogP contribution is -2.51. The SMILES string of the molecule is CC(C)CCC[C@@H](C)C1CCC2[C@@H]3CC=C4C[C@@H](OC(=O)NCCC(C)(S)OCCC(C)(C)NC(=O)CCC(C)(S)OCCC(C)(C)NC(=O)CCC(C)(S)OCCC(C)(C)NC(=O)CCN5C(=O)C=CC5=O)CC[C@]4(C)C3CC[C@@]21C. The van der Waals surface area contributed by atoms with Crippen molar-refractivity contribution in [2.75, 3.05) is 32.9 Å². The molecule has 0 aromatic heterocycles. The van der Waals surface area contributed by atoms with E-state index in [9.17, 15) is 28.8 Å². The Labute approximate surface area is 510 Å². The van der Waals surface area contributed by atoms with Gasteiger partial charge in [0, 0.05) is 74.0 Å². The number of rotatable bonds is 33. The molecule has 4 N–H and O–H groups in total. The molecule has 15 nitrogen and oxygen atoms in total. The highest BCUT2D eigenvalue weighted by Gasteiger charge is 2.59. The van der Waals surface area contributed by atoms with Crippen molar-refractivity contribution in [3.8, 4) is 0 Å². The molecule has 0 bridgehead atoms. The van der Waals surface area contributed by atoms with Gasteiger partial charge in [0.1, 0.15) is 20.9 Å². The van der Waals surface area contributed by atoms with Gasteiger partial charge in [0.25, 0.3) is 11.8 Å². The maximum atomic E-state index is 13.2. The van der Waals surface area contributed by atoms with Crippen LogP contribution in [0.4, 0.5) is 4.79 Å². The van der Waals surface area contributed by atoms with E-state index in [-0.39, 0.29) is 67.7 Å². The fourth-order valence-electron chi connectivity index (χ4n) is 14.2. The second-order valence-electron chi connectivity index (χ2n) is 28.8. The number of amides is 6. The van der Waals surface area contributed by atoms with E-state index in [0.29, 0.717) is 63.7 Å². The van der Waals surface area contributed by atoms with Gasteiger partial charge < -0.3 is 40.2 Å². The molecule has 5 aliphatic rings. The predicted molar refractivity (Wildman–Crippen MR) is 335 cm³/mol. The molecule has 468 valence electrons. The minimum atomic E-state index is -0.899. The Morgan fingerprint density at radius 3 is 1.66 bits per heavy atom. The molecule has 0 spiro atoms. The van der Waals surface area contributed by atoms with Crippen molar-refractivity contribution in [1.82, 2.24) is 26.2 Å². The van der Waals surface area contributed by atoms with E-state index in [1.807, 2.05) is 55.4 Å². The Balaban J connectivity index is 0.911. The maximum Gasteiger partial charge on any atom is 0.407 e. The first-order chi connectivity index (χ1) is 37.9. The first kappa shape index (κ1) is 70.0. The molecule has 0 radical (unpaired) electrons. The van der Waals surface area contributed by atoms with Gasteiger partial charge in [0.15, 0.2) is 0 Å². The number of nitrogens with one attached hydrogen (secondary N) is 4. The van der Waals surface area contributed by atoms with Crippen molar-refractivity contribution >= 4 is 73.5 Å². The molecular weight excluding hydrogens is 1090 g/mol. The summed E-state index contributed by atoms with van der Waals surface area (Å²) in [5.41, 5.74) is 0.426. The van der Waals surface area contributed by atoms with Gasteiger partial charge in [-0.05, 0) is 186 Å². The summed E-state index contributed by atoms with van der Waals surface area (Å²) in [4.78, 5) is 73.9. The minimum Gasteiger partial charge on any atom is -0.446 e. The Morgan fingerprint density at radius 1 is 0.646 bits per heavy atom. The lowest BCUT2D eigenvalue weighted by molar-refractivity contribution is -0.137. The number of ether oxygens (including phenoxy) is 4. The highest BCUT2D eigenvalue weighted by molar-refractivity contribution is 7.82. The summed E-state index contributed by atoms with van der Waals surface area (Å²) >= 11 is 14.2. The Hall–Kier alpha value is -2.77. The predicted octanol–water partition coefficient (Wildman–Crippen LogP) is 12.2. The zero-order valence-corrected chi connectivity index (χ0v) is 55.5. The van der Waals surface area contributed by atoms with Crippen LogP contribution in [0.3, 0.4) is 0 Å². The largest absolute Gasteiger partial charge is 0.446 e. The summed E-state index contributed by atoms with van der Waals surface area (Å²) in [5.74, 6) is 3.37. The molecule has 0 aromatic rings. The lowest BCUT2D eigenvalue weighted by atomic mass is 9.47. The van der Waals surface area contributed by atoms with Crippen LogP contribution in [0.5, 0.6) is 0 Å². The number of carbonyl (C=O) groups is 6. The zero-order valence-electron chi connectivity index (χ0n) is 52.8. The van der Waals surface area contributed by atoms with Crippen LogP contribution in [-0.4, -0.2) is 111 Å². The van der Waals surface area contributed by atoms with Crippen LogP contribution in [0, 0.1) is 46.3 Å². The van der Waals surface area contributed by atoms with E-state index in [1.54, 1.807) is 6.92 Å². The Bertz CT molecular complexity index is 2250. The van der Waals surface area contributed by atoms with E-state index in [1.165, 1.54) is 69.1 Å². The number of nitrogens with zero attached hydrogens (tertiary/aromatic N) is 1. The van der Waals surface area contributed by atoms with Crippen molar-refractivity contribution in [1.29, 1.82) is 0 Å². The topological polar surface area (TPSA) is 191 Å². The maximum absolute atomic E-state index is 13.2. The second kappa shape index (κ2) is 29.3. The van der Waals surface area contributed by atoms with E-state index >= 15 is 0 Å². The van der Waals surface area contributed by atoms with Crippen molar-refractivity contribution in [3.05, 3.63) is 23.8 Å². The second-order valence-corrected chi connectivity index (χ2v) is 31.6. The summed E-state index contributed by atoms with van der Waals surface area (Å²) in [6, 6.07) is 0. The molecule has 3 fully saturated rings. The molecule has 18 heteroatoms. The van der Waals surface area contributed by atoms with Gasteiger partial charge in [-0.25, -0.2) is 4.79 Å². The van der Waals surface area contributed by atoms with Crippen LogP contribution in [-0.2, 0) is 42.9 Å². The summed E-state index contributed by atoms with van der Waals surface area (Å²) in [7, 11) is 0. The molecule has 6 unspecified atom stereocenters. The third-order valence-corrected chi connectivity index (χ3v) is 20.4. The molecule has 82 heavy (non-hydrogen) atoms. The first-order valence-corrected chi connectivity index (χ1v) is 32.5. The highest BCUT2D eigenvalue weighted by Crippen LogP contribution is 2.67. The monoisotopic (exact) mass is 1200 g/mol. The molecular formula is C64H109N5O10S3. The van der Waals surface area contributed by atoms with Gasteiger partial charge in [0.2, 0.25) is 17.7 Å².